The fourth-order valence-corrected chi connectivity index (χ4v) is 7.70. The summed E-state index contributed by atoms with van der Waals surface area (Å²) >= 11 is 6.13. The van der Waals surface area contributed by atoms with Gasteiger partial charge in [-0.3, -0.25) is 4.79 Å². The molecule has 0 bridgehead atoms. The average molecular weight is 831 g/mol. The minimum atomic E-state index is -5.87. The summed E-state index contributed by atoms with van der Waals surface area (Å²) in [7, 11) is -4.90. The van der Waals surface area contributed by atoms with E-state index in [0.717, 1.165) is 72.4 Å². The van der Waals surface area contributed by atoms with Crippen molar-refractivity contribution in [2.75, 3.05) is 18.6 Å². The van der Waals surface area contributed by atoms with Gasteiger partial charge in [-0.15, -0.1) is 0 Å². The first-order valence-electron chi connectivity index (χ1n) is 17.0. The second-order valence-electron chi connectivity index (χ2n) is 14.5. The van der Waals surface area contributed by atoms with Crippen molar-refractivity contribution in [3.05, 3.63) is 128 Å². The molecule has 0 atom stereocenters. The second-order valence-corrected chi connectivity index (χ2v) is 16.8. The van der Waals surface area contributed by atoms with Crippen LogP contribution in [0.4, 0.5) is 40.8 Å². The third kappa shape index (κ3) is 8.87. The fraction of sp³-hybridized carbons (Fsp3) is 0.333. The van der Waals surface area contributed by atoms with Gasteiger partial charge in [0, 0.05) is 29.7 Å². The lowest BCUT2D eigenvalue weighted by Crippen LogP contribution is -2.43. The van der Waals surface area contributed by atoms with Gasteiger partial charge in [0.1, 0.15) is 5.82 Å². The van der Waals surface area contributed by atoms with E-state index in [-0.39, 0.29) is 21.5 Å². The molecule has 56 heavy (non-hydrogen) atoms. The van der Waals surface area contributed by atoms with Crippen LogP contribution in [0.3, 0.4) is 0 Å². The number of ether oxygens (including phenoxy) is 1. The minimum Gasteiger partial charge on any atom is -0.465 e. The Morgan fingerprint density at radius 2 is 1.43 bits per heavy atom. The standard InChI is InChI=1S/C39H35ClF8N2O5S/c1-38(2,3)24-13-20(12-23(14-24)21-6-7-21)17-50(26-10-11-27(37(52)55-5)28(16-26)39(4,47)48)30(51)19-49(18-22-8-9-25(41)15-29(22)40)56(53,54)36-34(45)32(43)31(42)33(44)35(36)46/h8-16,21H,6-7,17-19H2,1-5H3. The predicted molar refractivity (Wildman–Crippen MR) is 191 cm³/mol. The van der Waals surface area contributed by atoms with Crippen LogP contribution in [0, 0.1) is 34.9 Å². The molecule has 5 rings (SSSR count). The van der Waals surface area contributed by atoms with Crippen molar-refractivity contribution >= 4 is 39.2 Å². The largest absolute Gasteiger partial charge is 0.465 e. The molecule has 1 aliphatic carbocycles. The third-order valence-corrected chi connectivity index (χ3v) is 11.4. The van der Waals surface area contributed by atoms with Gasteiger partial charge in [-0.05, 0) is 76.8 Å². The summed E-state index contributed by atoms with van der Waals surface area (Å²) < 4.78 is 150. The smallest absolute Gasteiger partial charge is 0.338 e. The summed E-state index contributed by atoms with van der Waals surface area (Å²) in [4.78, 5) is 25.6. The molecule has 1 aliphatic rings. The number of esters is 1. The number of anilines is 1. The van der Waals surface area contributed by atoms with Gasteiger partial charge in [-0.1, -0.05) is 56.6 Å². The number of rotatable bonds is 12. The number of alkyl halides is 2. The van der Waals surface area contributed by atoms with Crippen molar-refractivity contribution in [2.45, 2.75) is 75.8 Å². The van der Waals surface area contributed by atoms with Crippen LogP contribution in [-0.2, 0) is 44.0 Å². The molecule has 17 heteroatoms. The van der Waals surface area contributed by atoms with E-state index in [0.29, 0.717) is 12.5 Å². The van der Waals surface area contributed by atoms with E-state index in [4.69, 9.17) is 11.6 Å². The maximum absolute atomic E-state index is 15.1. The third-order valence-electron chi connectivity index (χ3n) is 9.21. The van der Waals surface area contributed by atoms with Gasteiger partial charge < -0.3 is 9.64 Å². The number of sulfonamides is 1. The van der Waals surface area contributed by atoms with E-state index in [1.165, 1.54) is 0 Å². The van der Waals surface area contributed by atoms with Gasteiger partial charge in [0.05, 0.1) is 25.8 Å². The number of carbonyl (C=O) groups is 2. The molecule has 4 aromatic rings. The Labute approximate surface area is 322 Å². The summed E-state index contributed by atoms with van der Waals surface area (Å²) in [5, 5.41) is -0.424. The lowest BCUT2D eigenvalue weighted by atomic mass is 9.84. The zero-order chi connectivity index (χ0) is 41.7. The zero-order valence-corrected chi connectivity index (χ0v) is 32.1. The second kappa shape index (κ2) is 15.8. The first-order valence-corrected chi connectivity index (χ1v) is 18.8. The monoisotopic (exact) mass is 830 g/mol. The zero-order valence-electron chi connectivity index (χ0n) is 30.6. The lowest BCUT2D eigenvalue weighted by Gasteiger charge is -2.30. The summed E-state index contributed by atoms with van der Waals surface area (Å²) in [6.45, 7) is 3.43. The molecule has 1 saturated carbocycles. The van der Waals surface area contributed by atoms with Crippen LogP contribution in [0.15, 0.2) is 59.5 Å². The quantitative estimate of drug-likeness (QED) is 0.0615. The summed E-state index contributed by atoms with van der Waals surface area (Å²) in [6, 6.07) is 11.0. The number of hydrogen-bond acceptors (Lipinski definition) is 5. The highest BCUT2D eigenvalue weighted by Gasteiger charge is 2.40. The Morgan fingerprint density at radius 3 is 1.96 bits per heavy atom. The van der Waals surface area contributed by atoms with Crippen LogP contribution in [-0.4, -0.2) is 38.3 Å². The van der Waals surface area contributed by atoms with Crippen molar-refractivity contribution in [3.63, 3.8) is 0 Å². The SMILES string of the molecule is COC(=O)c1ccc(N(Cc2cc(C3CC3)cc(C(C)(C)C)c2)C(=O)CN(Cc2ccc(F)cc2Cl)S(=O)(=O)c2c(F)c(F)c(F)c(F)c2F)cc1C(C)(F)F. The minimum absolute atomic E-state index is 0.0685. The van der Waals surface area contributed by atoms with Crippen molar-refractivity contribution in [3.8, 4) is 0 Å². The van der Waals surface area contributed by atoms with Crippen LogP contribution < -0.4 is 4.90 Å². The molecule has 4 aromatic carbocycles. The van der Waals surface area contributed by atoms with Gasteiger partial charge in [-0.2, -0.15) is 4.31 Å². The van der Waals surface area contributed by atoms with E-state index >= 15 is 17.6 Å². The highest BCUT2D eigenvalue weighted by Crippen LogP contribution is 2.42. The number of nitrogens with zero attached hydrogens (tertiary/aromatic N) is 2. The molecule has 0 radical (unpaired) electrons. The van der Waals surface area contributed by atoms with Crippen LogP contribution in [0.25, 0.3) is 0 Å². The Balaban J connectivity index is 1.71. The molecule has 0 N–H and O–H groups in total. The van der Waals surface area contributed by atoms with Crippen molar-refractivity contribution < 1.29 is 57.9 Å². The van der Waals surface area contributed by atoms with Crippen LogP contribution in [0.2, 0.25) is 5.02 Å². The molecule has 0 aromatic heterocycles. The molecule has 0 unspecified atom stereocenters. The highest BCUT2D eigenvalue weighted by molar-refractivity contribution is 7.89. The van der Waals surface area contributed by atoms with Crippen molar-refractivity contribution in [1.29, 1.82) is 0 Å². The number of benzene rings is 4. The number of halogens is 9. The first-order chi connectivity index (χ1) is 25.9. The Bertz CT molecular complexity index is 2300. The van der Waals surface area contributed by atoms with E-state index < -0.39 is 109 Å². The molecule has 0 saturated heterocycles. The van der Waals surface area contributed by atoms with E-state index in [2.05, 4.69) is 4.74 Å². The van der Waals surface area contributed by atoms with E-state index in [9.17, 15) is 35.6 Å². The summed E-state index contributed by atoms with van der Waals surface area (Å²) in [5.41, 5.74) is -0.153. The topological polar surface area (TPSA) is 84.0 Å². The number of methoxy groups -OCH3 is 1. The van der Waals surface area contributed by atoms with Gasteiger partial charge in [0.2, 0.25) is 21.7 Å². The number of hydrogen-bond donors (Lipinski definition) is 0. The van der Waals surface area contributed by atoms with Crippen LogP contribution >= 0.6 is 11.6 Å². The van der Waals surface area contributed by atoms with E-state index in [1.54, 1.807) is 12.1 Å². The van der Waals surface area contributed by atoms with Gasteiger partial charge in [0.25, 0.3) is 5.92 Å². The molecule has 0 heterocycles. The maximum Gasteiger partial charge on any atom is 0.338 e. The highest BCUT2D eigenvalue weighted by atomic mass is 35.5. The number of carbonyl (C=O) groups excluding carboxylic acids is 2. The van der Waals surface area contributed by atoms with Crippen LogP contribution in [0.1, 0.15) is 84.6 Å². The van der Waals surface area contributed by atoms with Gasteiger partial charge in [0.15, 0.2) is 28.2 Å². The summed E-state index contributed by atoms with van der Waals surface area (Å²) in [6.07, 6.45) is 1.77. The average Bonchev–Trinajstić information content (AvgIpc) is 3.97. The molecular weight excluding hydrogens is 796 g/mol. The normalized spacial score (nSPS) is 13.6. The molecule has 0 aliphatic heterocycles. The summed E-state index contributed by atoms with van der Waals surface area (Å²) in [5.74, 6) is -20.0. The Kier molecular flexibility index (Phi) is 12.0. The Morgan fingerprint density at radius 1 is 0.821 bits per heavy atom. The molecule has 0 spiro atoms. The molecule has 7 nitrogen and oxygen atoms in total. The predicted octanol–water partition coefficient (Wildman–Crippen LogP) is 9.67. The maximum atomic E-state index is 15.1. The van der Waals surface area contributed by atoms with Crippen molar-refractivity contribution in [1.82, 2.24) is 4.31 Å². The molecular formula is C39H35ClF8N2O5S. The molecule has 300 valence electrons. The molecule has 1 fully saturated rings. The number of amides is 1. The van der Waals surface area contributed by atoms with Gasteiger partial charge in [-0.25, -0.2) is 48.3 Å². The fourth-order valence-electron chi connectivity index (χ4n) is 5.99. The Hall–Kier alpha value is -4.54. The van der Waals surface area contributed by atoms with Crippen molar-refractivity contribution in [2.24, 2.45) is 0 Å². The van der Waals surface area contributed by atoms with E-state index in [1.807, 2.05) is 26.8 Å². The van der Waals surface area contributed by atoms with Crippen LogP contribution in [0.5, 0.6) is 0 Å². The lowest BCUT2D eigenvalue weighted by molar-refractivity contribution is -0.119. The first kappa shape index (κ1) is 42.6. The van der Waals surface area contributed by atoms with Gasteiger partial charge >= 0.3 is 5.97 Å². The molecule has 1 amide bonds.